The average Bonchev–Trinajstić information content (AvgIpc) is 3.14. The van der Waals surface area contributed by atoms with E-state index in [0.717, 1.165) is 31.4 Å². The van der Waals surface area contributed by atoms with Crippen LogP contribution in [0.15, 0.2) is 42.6 Å². The quantitative estimate of drug-likeness (QED) is 0.543. The molecule has 0 saturated heterocycles. The molecule has 2 aliphatic rings. The molecule has 5 rings (SSSR count). The molecule has 0 bridgehead atoms. The molecule has 1 fully saturated rings. The number of hydrogen-bond acceptors (Lipinski definition) is 3. The highest BCUT2D eigenvalue weighted by Gasteiger charge is 2.31. The Morgan fingerprint density at radius 3 is 2.61 bits per heavy atom. The summed E-state index contributed by atoms with van der Waals surface area (Å²) in [4.78, 5) is 30.6. The predicted octanol–water partition coefficient (Wildman–Crippen LogP) is 4.90. The van der Waals surface area contributed by atoms with Crippen molar-refractivity contribution >= 4 is 34.4 Å². The molecule has 0 spiro atoms. The van der Waals surface area contributed by atoms with Gasteiger partial charge in [0.05, 0.1) is 12.5 Å². The Balaban J connectivity index is 1.35. The number of fused-ring (bicyclic) bond motifs is 3. The maximum absolute atomic E-state index is 13.2. The van der Waals surface area contributed by atoms with Gasteiger partial charge in [0, 0.05) is 42.3 Å². The van der Waals surface area contributed by atoms with Crippen LogP contribution in [0.3, 0.4) is 0 Å². The average molecular weight is 466 g/mol. The zero-order valence-electron chi connectivity index (χ0n) is 18.5. The summed E-state index contributed by atoms with van der Waals surface area (Å²) in [6, 6.07) is 12.2. The zero-order chi connectivity index (χ0) is 22.9. The Morgan fingerprint density at radius 1 is 1.09 bits per heavy atom. The lowest BCUT2D eigenvalue weighted by atomic mass is 9.80. The molecule has 1 aliphatic heterocycles. The fraction of sp³-hybridized carbons (Fsp3) is 0.423. The fourth-order valence-corrected chi connectivity index (χ4v) is 5.57. The standard InChI is InChI=1S/C26H28ClN3O3/c27-24-10-7-18(14-28-24)15-30-22-4-2-1-3-20(22)21-11-12-29(16-23(21)30)25(31)13-17-5-8-19(9-6-17)26(32)33/h1-4,7,10,14,17,19H,5-6,8-9,11-13,15-16H2,(H,32,33)/t17-,19+. The normalized spacial score (nSPS) is 20.6. The Labute approximate surface area is 198 Å². The van der Waals surface area contributed by atoms with Crippen molar-refractivity contribution in [1.29, 1.82) is 0 Å². The minimum absolute atomic E-state index is 0.185. The SMILES string of the molecule is O=C(C[C@H]1CC[C@@H](C(=O)O)CC1)N1CCc2c(n(Cc3ccc(Cl)nc3)c3ccccc23)C1. The summed E-state index contributed by atoms with van der Waals surface area (Å²) in [6.07, 6.45) is 6.18. The Hall–Kier alpha value is -2.86. The van der Waals surface area contributed by atoms with E-state index in [1.165, 1.54) is 22.2 Å². The lowest BCUT2D eigenvalue weighted by molar-refractivity contribution is -0.143. The van der Waals surface area contributed by atoms with Gasteiger partial charge < -0.3 is 14.6 Å². The number of hydrogen-bond donors (Lipinski definition) is 1. The van der Waals surface area contributed by atoms with Crippen LogP contribution < -0.4 is 0 Å². The van der Waals surface area contributed by atoms with Gasteiger partial charge >= 0.3 is 5.97 Å². The molecule has 1 aliphatic carbocycles. The summed E-state index contributed by atoms with van der Waals surface area (Å²) in [6.45, 7) is 2.02. The van der Waals surface area contributed by atoms with Gasteiger partial charge in [0.25, 0.3) is 0 Å². The van der Waals surface area contributed by atoms with Gasteiger partial charge in [-0.25, -0.2) is 4.98 Å². The molecule has 3 heterocycles. The number of aliphatic carboxylic acids is 1. The number of carbonyl (C=O) groups excluding carboxylic acids is 1. The molecule has 0 radical (unpaired) electrons. The van der Waals surface area contributed by atoms with Crippen LogP contribution in [-0.2, 0) is 29.1 Å². The first-order chi connectivity index (χ1) is 16.0. The molecular weight excluding hydrogens is 438 g/mol. The number of amides is 1. The molecule has 3 aromatic rings. The Bertz CT molecular complexity index is 1180. The van der Waals surface area contributed by atoms with Crippen LogP contribution in [0, 0.1) is 11.8 Å². The molecule has 2 aromatic heterocycles. The number of rotatable bonds is 5. The smallest absolute Gasteiger partial charge is 0.306 e. The molecule has 1 saturated carbocycles. The number of pyridine rings is 1. The molecule has 6 nitrogen and oxygen atoms in total. The summed E-state index contributed by atoms with van der Waals surface area (Å²) in [5.41, 5.74) is 4.78. The summed E-state index contributed by atoms with van der Waals surface area (Å²) in [5, 5.41) is 11.0. The van der Waals surface area contributed by atoms with Crippen molar-refractivity contribution in [3.8, 4) is 0 Å². The largest absolute Gasteiger partial charge is 0.481 e. The summed E-state index contributed by atoms with van der Waals surface area (Å²) < 4.78 is 2.31. The zero-order valence-corrected chi connectivity index (χ0v) is 19.3. The van der Waals surface area contributed by atoms with Crippen molar-refractivity contribution in [2.75, 3.05) is 6.54 Å². The van der Waals surface area contributed by atoms with E-state index in [-0.39, 0.29) is 11.8 Å². The highest BCUT2D eigenvalue weighted by atomic mass is 35.5. The van der Waals surface area contributed by atoms with E-state index < -0.39 is 5.97 Å². The second-order valence-corrected chi connectivity index (χ2v) is 9.73. The molecular formula is C26H28ClN3O3. The summed E-state index contributed by atoms with van der Waals surface area (Å²) >= 11 is 5.97. The number of benzene rings is 1. The predicted molar refractivity (Wildman–Crippen MR) is 127 cm³/mol. The van der Waals surface area contributed by atoms with Crippen molar-refractivity contribution in [2.45, 2.75) is 51.6 Å². The lowest BCUT2D eigenvalue weighted by Gasteiger charge is -2.31. The molecule has 33 heavy (non-hydrogen) atoms. The van der Waals surface area contributed by atoms with Crippen LogP contribution in [0.25, 0.3) is 10.9 Å². The Morgan fingerprint density at radius 2 is 1.88 bits per heavy atom. The van der Waals surface area contributed by atoms with E-state index >= 15 is 0 Å². The number of halogens is 1. The number of carboxylic acids is 1. The third-order valence-corrected chi connectivity index (χ3v) is 7.53. The molecule has 1 aromatic carbocycles. The van der Waals surface area contributed by atoms with Gasteiger partial charge in [0.15, 0.2) is 0 Å². The first-order valence-corrected chi connectivity index (χ1v) is 12.1. The second kappa shape index (κ2) is 9.18. The van der Waals surface area contributed by atoms with Gasteiger partial charge in [-0.1, -0.05) is 35.9 Å². The van der Waals surface area contributed by atoms with Crippen molar-refractivity contribution < 1.29 is 14.7 Å². The van der Waals surface area contributed by atoms with Crippen LogP contribution in [0.4, 0.5) is 0 Å². The Kier molecular flexibility index (Phi) is 6.11. The van der Waals surface area contributed by atoms with E-state index in [0.29, 0.717) is 43.4 Å². The van der Waals surface area contributed by atoms with E-state index in [4.69, 9.17) is 11.6 Å². The third-order valence-electron chi connectivity index (χ3n) is 7.31. The van der Waals surface area contributed by atoms with E-state index in [1.54, 1.807) is 0 Å². The number of para-hydroxylation sites is 1. The topological polar surface area (TPSA) is 75.4 Å². The number of nitrogens with zero attached hydrogens (tertiary/aromatic N) is 3. The van der Waals surface area contributed by atoms with Gasteiger partial charge in [-0.05, 0) is 61.3 Å². The molecule has 0 atom stereocenters. The van der Waals surface area contributed by atoms with Gasteiger partial charge in [0.2, 0.25) is 5.91 Å². The van der Waals surface area contributed by atoms with Crippen LogP contribution in [-0.4, -0.2) is 38.0 Å². The van der Waals surface area contributed by atoms with Crippen molar-refractivity contribution in [1.82, 2.24) is 14.5 Å². The van der Waals surface area contributed by atoms with Gasteiger partial charge in [-0.2, -0.15) is 0 Å². The van der Waals surface area contributed by atoms with Crippen LogP contribution in [0.5, 0.6) is 0 Å². The minimum Gasteiger partial charge on any atom is -0.481 e. The van der Waals surface area contributed by atoms with Crippen LogP contribution in [0.1, 0.15) is 48.9 Å². The number of carboxylic acid groups (broad SMARTS) is 1. The lowest BCUT2D eigenvalue weighted by Crippen LogP contribution is -2.38. The fourth-order valence-electron chi connectivity index (χ4n) is 5.46. The van der Waals surface area contributed by atoms with Crippen molar-refractivity contribution in [3.63, 3.8) is 0 Å². The second-order valence-electron chi connectivity index (χ2n) is 9.34. The molecule has 0 unspecified atom stereocenters. The molecule has 7 heteroatoms. The van der Waals surface area contributed by atoms with Gasteiger partial charge in [-0.3, -0.25) is 9.59 Å². The molecule has 1 amide bonds. The highest BCUT2D eigenvalue weighted by molar-refractivity contribution is 6.29. The van der Waals surface area contributed by atoms with E-state index in [9.17, 15) is 14.7 Å². The third kappa shape index (κ3) is 4.49. The van der Waals surface area contributed by atoms with Crippen LogP contribution in [0.2, 0.25) is 5.15 Å². The van der Waals surface area contributed by atoms with Crippen molar-refractivity contribution in [2.24, 2.45) is 11.8 Å². The first-order valence-electron chi connectivity index (χ1n) is 11.7. The van der Waals surface area contributed by atoms with E-state index in [2.05, 4.69) is 33.8 Å². The highest BCUT2D eigenvalue weighted by Crippen LogP contribution is 2.34. The van der Waals surface area contributed by atoms with Gasteiger partial charge in [-0.15, -0.1) is 0 Å². The maximum Gasteiger partial charge on any atom is 0.306 e. The van der Waals surface area contributed by atoms with Crippen molar-refractivity contribution in [3.05, 3.63) is 64.6 Å². The summed E-state index contributed by atoms with van der Waals surface area (Å²) in [7, 11) is 0. The number of aromatic nitrogens is 2. The van der Waals surface area contributed by atoms with Crippen LogP contribution >= 0.6 is 11.6 Å². The van der Waals surface area contributed by atoms with E-state index in [1.807, 2.05) is 23.2 Å². The maximum atomic E-state index is 13.2. The summed E-state index contributed by atoms with van der Waals surface area (Å²) in [5.74, 6) is -0.469. The van der Waals surface area contributed by atoms with Gasteiger partial charge in [0.1, 0.15) is 5.15 Å². The monoisotopic (exact) mass is 465 g/mol. The molecule has 1 N–H and O–H groups in total. The minimum atomic E-state index is -0.702. The number of carbonyl (C=O) groups is 2. The first kappa shape index (κ1) is 22.0. The molecule has 172 valence electrons.